The van der Waals surface area contributed by atoms with E-state index in [2.05, 4.69) is 5.43 Å². The summed E-state index contributed by atoms with van der Waals surface area (Å²) in [5, 5.41) is 0. The summed E-state index contributed by atoms with van der Waals surface area (Å²) in [6.45, 7) is 0. The van der Waals surface area contributed by atoms with Gasteiger partial charge >= 0.3 is 0 Å². The fourth-order valence-electron chi connectivity index (χ4n) is 1.42. The first-order chi connectivity index (χ1) is 8.29. The molecule has 90 valence electrons. The summed E-state index contributed by atoms with van der Waals surface area (Å²) in [6.07, 6.45) is 3.28. The van der Waals surface area contributed by atoms with E-state index < -0.39 is 0 Å². The highest BCUT2D eigenvalue weighted by molar-refractivity contribution is 7.99. The molecule has 3 nitrogen and oxygen atoms in total. The molecule has 1 heterocycles. The van der Waals surface area contributed by atoms with Crippen LogP contribution in [0.5, 0.6) is 0 Å². The second-order valence-corrected chi connectivity index (χ2v) is 4.63. The van der Waals surface area contributed by atoms with Gasteiger partial charge < -0.3 is 4.42 Å². The van der Waals surface area contributed by atoms with Crippen molar-refractivity contribution < 1.29 is 8.81 Å². The van der Waals surface area contributed by atoms with Gasteiger partial charge in [-0.25, -0.2) is 4.39 Å². The maximum Gasteiger partial charge on any atom is 0.123 e. The van der Waals surface area contributed by atoms with Crippen molar-refractivity contribution >= 4 is 11.8 Å². The first-order valence-electron chi connectivity index (χ1n) is 5.16. The quantitative estimate of drug-likeness (QED) is 0.488. The molecular formula is C12H13FN2OS. The summed E-state index contributed by atoms with van der Waals surface area (Å²) in [5.74, 6) is 6.01. The molecule has 0 spiro atoms. The Labute approximate surface area is 103 Å². The van der Waals surface area contributed by atoms with E-state index in [-0.39, 0.29) is 11.9 Å². The van der Waals surface area contributed by atoms with Crippen LogP contribution in [-0.4, -0.2) is 5.75 Å². The van der Waals surface area contributed by atoms with E-state index in [1.165, 1.54) is 12.1 Å². The zero-order valence-corrected chi connectivity index (χ0v) is 9.91. The Hall–Kier alpha value is -1.30. The Bertz CT molecular complexity index is 444. The Kier molecular flexibility index (Phi) is 4.19. The molecule has 0 radical (unpaired) electrons. The number of nitrogens with one attached hydrogen (secondary N) is 1. The lowest BCUT2D eigenvalue weighted by Gasteiger charge is -2.13. The Morgan fingerprint density at radius 1 is 1.29 bits per heavy atom. The average molecular weight is 252 g/mol. The van der Waals surface area contributed by atoms with Gasteiger partial charge in [0.2, 0.25) is 0 Å². The van der Waals surface area contributed by atoms with Crippen molar-refractivity contribution in [2.75, 3.05) is 5.75 Å². The van der Waals surface area contributed by atoms with E-state index in [1.807, 2.05) is 6.07 Å². The maximum atomic E-state index is 12.7. The van der Waals surface area contributed by atoms with Gasteiger partial charge in [0.1, 0.15) is 5.82 Å². The van der Waals surface area contributed by atoms with Crippen molar-refractivity contribution in [1.82, 2.24) is 5.43 Å². The largest absolute Gasteiger partial charge is 0.472 e. The van der Waals surface area contributed by atoms with Gasteiger partial charge in [0.05, 0.1) is 18.6 Å². The third-order valence-electron chi connectivity index (χ3n) is 2.38. The molecule has 1 unspecified atom stereocenters. The van der Waals surface area contributed by atoms with E-state index in [9.17, 15) is 4.39 Å². The van der Waals surface area contributed by atoms with Gasteiger partial charge in [-0.1, -0.05) is 0 Å². The SMILES string of the molecule is NNC(CSc1ccc(F)cc1)c1ccoc1. The smallest absolute Gasteiger partial charge is 0.123 e. The van der Waals surface area contributed by atoms with Gasteiger partial charge in [-0.15, -0.1) is 11.8 Å². The Morgan fingerprint density at radius 2 is 2.06 bits per heavy atom. The molecule has 2 rings (SSSR count). The van der Waals surface area contributed by atoms with E-state index in [1.54, 1.807) is 36.4 Å². The molecule has 0 bridgehead atoms. The normalized spacial score (nSPS) is 12.6. The highest BCUT2D eigenvalue weighted by atomic mass is 32.2. The summed E-state index contributed by atoms with van der Waals surface area (Å²) >= 11 is 1.61. The molecule has 0 amide bonds. The predicted octanol–water partition coefficient (Wildman–Crippen LogP) is 2.72. The summed E-state index contributed by atoms with van der Waals surface area (Å²) in [4.78, 5) is 1.01. The number of hydrazine groups is 1. The van der Waals surface area contributed by atoms with E-state index in [0.29, 0.717) is 0 Å². The van der Waals surface area contributed by atoms with Crippen LogP contribution in [-0.2, 0) is 0 Å². The zero-order chi connectivity index (χ0) is 12.1. The molecule has 2 aromatic rings. The number of nitrogens with two attached hydrogens (primary N) is 1. The number of benzene rings is 1. The van der Waals surface area contributed by atoms with Gasteiger partial charge in [-0.05, 0) is 30.3 Å². The van der Waals surface area contributed by atoms with Crippen molar-refractivity contribution in [3.8, 4) is 0 Å². The number of hydrogen-bond donors (Lipinski definition) is 2. The Balaban J connectivity index is 1.94. The van der Waals surface area contributed by atoms with Crippen molar-refractivity contribution in [3.63, 3.8) is 0 Å². The van der Waals surface area contributed by atoms with Crippen LogP contribution in [0.2, 0.25) is 0 Å². The maximum absolute atomic E-state index is 12.7. The Morgan fingerprint density at radius 3 is 2.65 bits per heavy atom. The monoisotopic (exact) mass is 252 g/mol. The summed E-state index contributed by atoms with van der Waals surface area (Å²) < 4.78 is 17.7. The van der Waals surface area contributed by atoms with Crippen molar-refractivity contribution in [3.05, 3.63) is 54.2 Å². The van der Waals surface area contributed by atoms with E-state index in [0.717, 1.165) is 16.2 Å². The molecule has 1 atom stereocenters. The highest BCUT2D eigenvalue weighted by Gasteiger charge is 2.11. The molecule has 1 aromatic carbocycles. The fraction of sp³-hybridized carbons (Fsp3) is 0.167. The highest BCUT2D eigenvalue weighted by Crippen LogP contribution is 2.24. The van der Waals surface area contributed by atoms with Gasteiger partial charge in [0.25, 0.3) is 0 Å². The van der Waals surface area contributed by atoms with Gasteiger partial charge in [-0.3, -0.25) is 11.3 Å². The summed E-state index contributed by atoms with van der Waals surface area (Å²) in [7, 11) is 0. The van der Waals surface area contributed by atoms with E-state index >= 15 is 0 Å². The van der Waals surface area contributed by atoms with Crippen LogP contribution in [0.4, 0.5) is 4.39 Å². The third kappa shape index (κ3) is 3.33. The minimum Gasteiger partial charge on any atom is -0.472 e. The van der Waals surface area contributed by atoms with Crippen LogP contribution in [0, 0.1) is 5.82 Å². The number of rotatable bonds is 5. The molecule has 0 fully saturated rings. The van der Waals surface area contributed by atoms with Crippen LogP contribution < -0.4 is 11.3 Å². The standard InChI is InChI=1S/C12H13FN2OS/c13-10-1-3-11(4-2-10)17-8-12(15-14)9-5-6-16-7-9/h1-7,12,15H,8,14H2. The molecular weight excluding hydrogens is 239 g/mol. The lowest BCUT2D eigenvalue weighted by atomic mass is 10.2. The topological polar surface area (TPSA) is 51.2 Å². The van der Waals surface area contributed by atoms with Crippen LogP contribution in [0.15, 0.2) is 52.2 Å². The lowest BCUT2D eigenvalue weighted by Crippen LogP contribution is -2.29. The van der Waals surface area contributed by atoms with Gasteiger partial charge in [0.15, 0.2) is 0 Å². The van der Waals surface area contributed by atoms with Crippen molar-refractivity contribution in [1.29, 1.82) is 0 Å². The van der Waals surface area contributed by atoms with Crippen LogP contribution in [0.25, 0.3) is 0 Å². The van der Waals surface area contributed by atoms with Crippen LogP contribution in [0.1, 0.15) is 11.6 Å². The molecule has 0 saturated carbocycles. The number of halogens is 1. The molecule has 3 N–H and O–H groups in total. The van der Waals surface area contributed by atoms with E-state index in [4.69, 9.17) is 10.3 Å². The van der Waals surface area contributed by atoms with Crippen molar-refractivity contribution in [2.45, 2.75) is 10.9 Å². The minimum absolute atomic E-state index is 0.0174. The molecule has 0 aliphatic rings. The fourth-order valence-corrected chi connectivity index (χ4v) is 2.40. The molecule has 0 aliphatic heterocycles. The van der Waals surface area contributed by atoms with Crippen LogP contribution in [0.3, 0.4) is 0 Å². The molecule has 0 aliphatic carbocycles. The number of thioether (sulfide) groups is 1. The first kappa shape index (κ1) is 12.2. The van der Waals surface area contributed by atoms with Gasteiger partial charge in [-0.2, -0.15) is 0 Å². The lowest BCUT2D eigenvalue weighted by molar-refractivity contribution is 0.548. The first-order valence-corrected chi connectivity index (χ1v) is 6.15. The minimum atomic E-state index is -0.224. The van der Waals surface area contributed by atoms with Gasteiger partial charge in [0, 0.05) is 16.2 Å². The predicted molar refractivity (Wildman–Crippen MR) is 65.9 cm³/mol. The van der Waals surface area contributed by atoms with Crippen LogP contribution >= 0.6 is 11.8 Å². The number of furan rings is 1. The van der Waals surface area contributed by atoms with Crippen molar-refractivity contribution in [2.24, 2.45) is 5.84 Å². The summed E-state index contributed by atoms with van der Waals surface area (Å²) in [5.41, 5.74) is 3.73. The molecule has 17 heavy (non-hydrogen) atoms. The second kappa shape index (κ2) is 5.86. The summed E-state index contributed by atoms with van der Waals surface area (Å²) in [6, 6.07) is 8.29. The second-order valence-electron chi connectivity index (χ2n) is 3.54. The molecule has 1 aromatic heterocycles. The zero-order valence-electron chi connectivity index (χ0n) is 9.10. The average Bonchev–Trinajstić information content (AvgIpc) is 2.86. The molecule has 5 heteroatoms. The molecule has 0 saturated heterocycles. The third-order valence-corrected chi connectivity index (χ3v) is 3.48. The number of hydrogen-bond acceptors (Lipinski definition) is 4.